The van der Waals surface area contributed by atoms with Crippen LogP contribution in [0.25, 0.3) is 0 Å². The number of nitrogens with two attached hydrogens (primary N) is 1. The zero-order valence-electron chi connectivity index (χ0n) is 13.5. The molecule has 0 aliphatic heterocycles. The topological polar surface area (TPSA) is 55.1 Å². The normalized spacial score (nSPS) is 30.5. The Balaban J connectivity index is 1.71. The second-order valence-electron chi connectivity index (χ2n) is 7.90. The molecule has 2 fully saturated rings. The van der Waals surface area contributed by atoms with Gasteiger partial charge in [0.15, 0.2) is 0 Å². The molecule has 2 bridgehead atoms. The molecule has 0 aromatic rings. The minimum Gasteiger partial charge on any atom is -0.353 e. The zero-order valence-corrected chi connectivity index (χ0v) is 13.5. The molecule has 0 aromatic carbocycles. The SMILES string of the molecule is CC(NC(=O)CCC(C)(C)CCN)C1CC2CCC1C2. The molecule has 2 aliphatic carbocycles. The summed E-state index contributed by atoms with van der Waals surface area (Å²) in [5.74, 6) is 2.79. The summed E-state index contributed by atoms with van der Waals surface area (Å²) in [7, 11) is 0. The predicted octanol–water partition coefficient (Wildman–Crippen LogP) is 3.08. The maximum atomic E-state index is 12.1. The smallest absolute Gasteiger partial charge is 0.220 e. The van der Waals surface area contributed by atoms with Crippen LogP contribution in [0.15, 0.2) is 0 Å². The van der Waals surface area contributed by atoms with Gasteiger partial charge in [-0.1, -0.05) is 20.3 Å². The van der Waals surface area contributed by atoms with Crippen molar-refractivity contribution in [3.8, 4) is 0 Å². The van der Waals surface area contributed by atoms with E-state index in [1.54, 1.807) is 0 Å². The monoisotopic (exact) mass is 280 g/mol. The molecule has 3 nitrogen and oxygen atoms in total. The second-order valence-corrected chi connectivity index (χ2v) is 7.90. The van der Waals surface area contributed by atoms with Crippen LogP contribution in [0, 0.1) is 23.2 Å². The first-order valence-electron chi connectivity index (χ1n) is 8.41. The van der Waals surface area contributed by atoms with Crippen LogP contribution in [-0.4, -0.2) is 18.5 Å². The van der Waals surface area contributed by atoms with E-state index in [-0.39, 0.29) is 11.3 Å². The Morgan fingerprint density at radius 2 is 2.05 bits per heavy atom. The highest BCUT2D eigenvalue weighted by molar-refractivity contribution is 5.76. The van der Waals surface area contributed by atoms with Crippen LogP contribution >= 0.6 is 0 Å². The lowest BCUT2D eigenvalue weighted by Crippen LogP contribution is -2.40. The Hall–Kier alpha value is -0.570. The van der Waals surface area contributed by atoms with E-state index in [1.807, 2.05) is 0 Å². The summed E-state index contributed by atoms with van der Waals surface area (Å²) >= 11 is 0. The van der Waals surface area contributed by atoms with Crippen LogP contribution in [0.1, 0.15) is 65.7 Å². The third-order valence-electron chi connectivity index (χ3n) is 5.67. The van der Waals surface area contributed by atoms with Crippen LogP contribution in [0.3, 0.4) is 0 Å². The van der Waals surface area contributed by atoms with E-state index in [2.05, 4.69) is 26.1 Å². The van der Waals surface area contributed by atoms with Crippen molar-refractivity contribution in [2.75, 3.05) is 6.54 Å². The van der Waals surface area contributed by atoms with Gasteiger partial charge in [0.2, 0.25) is 5.91 Å². The van der Waals surface area contributed by atoms with Crippen LogP contribution in [0.4, 0.5) is 0 Å². The lowest BCUT2D eigenvalue weighted by Gasteiger charge is -2.29. The minimum absolute atomic E-state index is 0.182. The molecule has 4 atom stereocenters. The van der Waals surface area contributed by atoms with Gasteiger partial charge in [-0.3, -0.25) is 4.79 Å². The molecule has 4 unspecified atom stereocenters. The van der Waals surface area contributed by atoms with Gasteiger partial charge in [-0.15, -0.1) is 0 Å². The Morgan fingerprint density at radius 3 is 2.60 bits per heavy atom. The average Bonchev–Trinajstić information content (AvgIpc) is 2.98. The summed E-state index contributed by atoms with van der Waals surface area (Å²) in [5, 5.41) is 3.25. The predicted molar refractivity (Wildman–Crippen MR) is 83.2 cm³/mol. The van der Waals surface area contributed by atoms with Crippen molar-refractivity contribution >= 4 is 5.91 Å². The quantitative estimate of drug-likeness (QED) is 0.753. The summed E-state index contributed by atoms with van der Waals surface area (Å²) in [5.41, 5.74) is 5.80. The second kappa shape index (κ2) is 6.46. The molecule has 3 heteroatoms. The van der Waals surface area contributed by atoms with Gasteiger partial charge in [-0.05, 0) is 68.7 Å². The molecule has 0 saturated heterocycles. The van der Waals surface area contributed by atoms with E-state index in [0.717, 1.165) is 30.6 Å². The summed E-state index contributed by atoms with van der Waals surface area (Å²) < 4.78 is 0. The van der Waals surface area contributed by atoms with Gasteiger partial charge in [-0.25, -0.2) is 0 Å². The third kappa shape index (κ3) is 3.97. The molecular formula is C17H32N2O. The van der Waals surface area contributed by atoms with Crippen LogP contribution in [0.2, 0.25) is 0 Å². The molecule has 20 heavy (non-hydrogen) atoms. The Kier molecular flexibility index (Phi) is 5.11. The van der Waals surface area contributed by atoms with E-state index in [1.165, 1.54) is 25.7 Å². The first-order valence-corrected chi connectivity index (χ1v) is 8.41. The molecule has 2 rings (SSSR count). The molecule has 116 valence electrons. The first-order chi connectivity index (χ1) is 9.41. The van der Waals surface area contributed by atoms with Crippen molar-refractivity contribution in [1.82, 2.24) is 5.32 Å². The van der Waals surface area contributed by atoms with E-state index in [0.29, 0.717) is 19.0 Å². The molecule has 0 spiro atoms. The highest BCUT2D eigenvalue weighted by atomic mass is 16.1. The molecule has 0 heterocycles. The average molecular weight is 280 g/mol. The van der Waals surface area contributed by atoms with Gasteiger partial charge in [0.25, 0.3) is 0 Å². The lowest BCUT2D eigenvalue weighted by atomic mass is 9.83. The van der Waals surface area contributed by atoms with Crippen LogP contribution in [-0.2, 0) is 4.79 Å². The summed E-state index contributed by atoms with van der Waals surface area (Å²) in [4.78, 5) is 12.1. The van der Waals surface area contributed by atoms with Crippen LogP contribution < -0.4 is 11.1 Å². The molecular weight excluding hydrogens is 248 g/mol. The van der Waals surface area contributed by atoms with Crippen molar-refractivity contribution in [3.05, 3.63) is 0 Å². The minimum atomic E-state index is 0.182. The number of hydrogen-bond acceptors (Lipinski definition) is 2. The number of rotatable bonds is 7. The molecule has 1 amide bonds. The molecule has 0 radical (unpaired) electrons. The fraction of sp³-hybridized carbons (Fsp3) is 0.941. The van der Waals surface area contributed by atoms with Crippen molar-refractivity contribution in [2.45, 2.75) is 71.8 Å². The van der Waals surface area contributed by atoms with Crippen molar-refractivity contribution in [1.29, 1.82) is 0 Å². The fourth-order valence-corrected chi connectivity index (χ4v) is 4.31. The standard InChI is InChI=1S/C17H32N2O/c1-12(15-11-13-4-5-14(15)10-13)19-16(20)6-7-17(2,3)8-9-18/h12-15H,4-11,18H2,1-3H3,(H,19,20). The maximum absolute atomic E-state index is 12.1. The largest absolute Gasteiger partial charge is 0.353 e. The van der Waals surface area contributed by atoms with E-state index < -0.39 is 0 Å². The third-order valence-corrected chi connectivity index (χ3v) is 5.67. The van der Waals surface area contributed by atoms with Crippen molar-refractivity contribution < 1.29 is 4.79 Å². The Morgan fingerprint density at radius 1 is 1.30 bits per heavy atom. The van der Waals surface area contributed by atoms with Gasteiger partial charge in [0.1, 0.15) is 0 Å². The molecule has 0 aromatic heterocycles. The van der Waals surface area contributed by atoms with E-state index in [9.17, 15) is 4.79 Å². The van der Waals surface area contributed by atoms with Gasteiger partial charge < -0.3 is 11.1 Å². The van der Waals surface area contributed by atoms with Crippen molar-refractivity contribution in [2.24, 2.45) is 28.9 Å². The number of carbonyl (C=O) groups excluding carboxylic acids is 1. The molecule has 3 N–H and O–H groups in total. The van der Waals surface area contributed by atoms with Gasteiger partial charge in [0.05, 0.1) is 0 Å². The van der Waals surface area contributed by atoms with Crippen LogP contribution in [0.5, 0.6) is 0 Å². The highest BCUT2D eigenvalue weighted by Crippen LogP contribution is 2.49. The van der Waals surface area contributed by atoms with E-state index in [4.69, 9.17) is 5.73 Å². The van der Waals surface area contributed by atoms with Crippen molar-refractivity contribution in [3.63, 3.8) is 0 Å². The summed E-state index contributed by atoms with van der Waals surface area (Å²) in [6.07, 6.45) is 8.12. The highest BCUT2D eigenvalue weighted by Gasteiger charge is 2.42. The number of nitrogens with one attached hydrogen (secondary N) is 1. The Bertz CT molecular complexity index is 340. The lowest BCUT2D eigenvalue weighted by molar-refractivity contribution is -0.122. The summed E-state index contributed by atoms with van der Waals surface area (Å²) in [6.45, 7) is 7.31. The maximum Gasteiger partial charge on any atom is 0.220 e. The first kappa shape index (κ1) is 15.8. The van der Waals surface area contributed by atoms with Gasteiger partial charge >= 0.3 is 0 Å². The van der Waals surface area contributed by atoms with Gasteiger partial charge in [-0.2, -0.15) is 0 Å². The van der Waals surface area contributed by atoms with E-state index >= 15 is 0 Å². The molecule has 2 saturated carbocycles. The fourth-order valence-electron chi connectivity index (χ4n) is 4.31. The number of carbonyl (C=O) groups is 1. The molecule has 2 aliphatic rings. The van der Waals surface area contributed by atoms with Gasteiger partial charge in [0, 0.05) is 12.5 Å². The zero-order chi connectivity index (χ0) is 14.8. The summed E-state index contributed by atoms with van der Waals surface area (Å²) in [6, 6.07) is 0.357. The number of fused-ring (bicyclic) bond motifs is 2. The number of hydrogen-bond donors (Lipinski definition) is 2. The number of amides is 1. The Labute approximate surface area is 124 Å².